The minimum atomic E-state index is -0.251. The van der Waals surface area contributed by atoms with Crippen molar-refractivity contribution < 1.29 is 28.2 Å². The van der Waals surface area contributed by atoms with Crippen molar-refractivity contribution >= 4 is 5.91 Å². The highest BCUT2D eigenvalue weighted by Gasteiger charge is 2.24. The molecule has 0 bridgehead atoms. The van der Waals surface area contributed by atoms with Crippen molar-refractivity contribution in [2.24, 2.45) is 0 Å². The van der Waals surface area contributed by atoms with Crippen molar-refractivity contribution in [2.75, 3.05) is 27.6 Å². The van der Waals surface area contributed by atoms with Crippen LogP contribution in [0.4, 0.5) is 0 Å². The van der Waals surface area contributed by atoms with Gasteiger partial charge < -0.3 is 28.7 Å². The highest BCUT2D eigenvalue weighted by Crippen LogP contribution is 2.42. The Morgan fingerprint density at radius 1 is 1.23 bits per heavy atom. The van der Waals surface area contributed by atoms with E-state index in [9.17, 15) is 4.79 Å². The maximum Gasteiger partial charge on any atom is 0.287 e. The smallest absolute Gasteiger partial charge is 0.287 e. The molecule has 9 heteroatoms. The van der Waals surface area contributed by atoms with Gasteiger partial charge in [0.1, 0.15) is 12.4 Å². The van der Waals surface area contributed by atoms with Gasteiger partial charge in [0.2, 0.25) is 12.5 Å². The third-order valence-electron chi connectivity index (χ3n) is 6.40. The van der Waals surface area contributed by atoms with Crippen molar-refractivity contribution in [3.63, 3.8) is 0 Å². The number of furan rings is 1. The maximum atomic E-state index is 12.6. The van der Waals surface area contributed by atoms with Gasteiger partial charge in [-0.15, -0.1) is 0 Å². The summed E-state index contributed by atoms with van der Waals surface area (Å²) >= 11 is 0. The maximum absolute atomic E-state index is 12.6. The second-order valence-corrected chi connectivity index (χ2v) is 8.70. The molecular formula is C26H29N3O6. The van der Waals surface area contributed by atoms with E-state index in [1.165, 1.54) is 11.1 Å². The molecule has 0 radical (unpaired) electrons. The van der Waals surface area contributed by atoms with Gasteiger partial charge in [0.05, 0.1) is 7.11 Å². The lowest BCUT2D eigenvalue weighted by atomic mass is 9.94. The van der Waals surface area contributed by atoms with Gasteiger partial charge >= 0.3 is 0 Å². The molecule has 1 amide bonds. The Balaban J connectivity index is 1.27. The molecule has 0 atom stereocenters. The summed E-state index contributed by atoms with van der Waals surface area (Å²) in [7, 11) is 3.22. The average molecular weight is 480 g/mol. The topological polar surface area (TPSA) is 95.3 Å². The Kier molecular flexibility index (Phi) is 6.61. The Morgan fingerprint density at radius 2 is 2.11 bits per heavy atom. The largest absolute Gasteiger partial charge is 0.493 e. The van der Waals surface area contributed by atoms with Crippen molar-refractivity contribution in [3.05, 3.63) is 69.9 Å². The SMILES string of the molecule is COCc1ccc(C(=O)NCc2c(C)ncc3c2CCN(Cc2cc(OC)c4c(c2)OCO4)C3)o1. The van der Waals surface area contributed by atoms with E-state index in [0.717, 1.165) is 48.6 Å². The fourth-order valence-corrected chi connectivity index (χ4v) is 4.66. The van der Waals surface area contributed by atoms with Gasteiger partial charge in [-0.25, -0.2) is 0 Å². The lowest BCUT2D eigenvalue weighted by Crippen LogP contribution is -2.32. The van der Waals surface area contributed by atoms with Crippen LogP contribution in [-0.4, -0.2) is 43.3 Å². The van der Waals surface area contributed by atoms with Crippen LogP contribution in [0.15, 0.2) is 34.9 Å². The second kappa shape index (κ2) is 9.97. The molecule has 35 heavy (non-hydrogen) atoms. The van der Waals surface area contributed by atoms with E-state index in [1.807, 2.05) is 25.3 Å². The molecule has 0 fully saturated rings. The first-order valence-electron chi connectivity index (χ1n) is 11.6. The number of methoxy groups -OCH3 is 2. The lowest BCUT2D eigenvalue weighted by molar-refractivity contribution is 0.0914. The fourth-order valence-electron chi connectivity index (χ4n) is 4.66. The molecule has 2 aromatic heterocycles. The molecule has 184 valence electrons. The van der Waals surface area contributed by atoms with Crippen molar-refractivity contribution in [3.8, 4) is 17.2 Å². The van der Waals surface area contributed by atoms with Crippen LogP contribution in [0.1, 0.15) is 44.3 Å². The number of carbonyl (C=O) groups is 1. The zero-order valence-electron chi connectivity index (χ0n) is 20.2. The van der Waals surface area contributed by atoms with Crippen molar-refractivity contribution in [1.29, 1.82) is 0 Å². The van der Waals surface area contributed by atoms with Crippen LogP contribution < -0.4 is 19.5 Å². The number of pyridine rings is 1. The highest BCUT2D eigenvalue weighted by molar-refractivity contribution is 5.91. The van der Waals surface area contributed by atoms with E-state index in [4.69, 9.17) is 23.4 Å². The minimum absolute atomic E-state index is 0.213. The minimum Gasteiger partial charge on any atom is -0.493 e. The predicted octanol–water partition coefficient (Wildman–Crippen LogP) is 3.36. The number of aromatic nitrogens is 1. The molecule has 0 aliphatic carbocycles. The molecule has 5 rings (SSSR count). The average Bonchev–Trinajstić information content (AvgIpc) is 3.53. The zero-order valence-corrected chi connectivity index (χ0v) is 20.2. The number of aryl methyl sites for hydroxylation is 1. The zero-order chi connectivity index (χ0) is 24.4. The van der Waals surface area contributed by atoms with E-state index in [-0.39, 0.29) is 18.5 Å². The first-order chi connectivity index (χ1) is 17.1. The molecule has 1 N–H and O–H groups in total. The van der Waals surface area contributed by atoms with Gasteiger partial charge in [0.25, 0.3) is 5.91 Å². The van der Waals surface area contributed by atoms with Crippen molar-refractivity contribution in [2.45, 2.75) is 39.6 Å². The quantitative estimate of drug-likeness (QED) is 0.526. The van der Waals surface area contributed by atoms with Gasteiger partial charge in [-0.05, 0) is 59.9 Å². The van der Waals surface area contributed by atoms with Crippen LogP contribution >= 0.6 is 0 Å². The fraction of sp³-hybridized carbons (Fsp3) is 0.385. The Bertz CT molecular complexity index is 1240. The summed E-state index contributed by atoms with van der Waals surface area (Å²) in [6.45, 7) is 5.36. The van der Waals surface area contributed by atoms with Gasteiger partial charge in [0.15, 0.2) is 17.3 Å². The summed E-state index contributed by atoms with van der Waals surface area (Å²) in [6, 6.07) is 7.43. The van der Waals surface area contributed by atoms with E-state index < -0.39 is 0 Å². The summed E-state index contributed by atoms with van der Waals surface area (Å²) in [6.07, 6.45) is 2.83. The normalized spacial score (nSPS) is 14.6. The lowest BCUT2D eigenvalue weighted by Gasteiger charge is -2.30. The first-order valence-corrected chi connectivity index (χ1v) is 11.6. The molecule has 2 aliphatic rings. The summed E-state index contributed by atoms with van der Waals surface area (Å²) in [5, 5.41) is 2.98. The number of benzene rings is 1. The summed E-state index contributed by atoms with van der Waals surface area (Å²) in [5.74, 6) is 2.71. The number of nitrogens with zero attached hydrogens (tertiary/aromatic N) is 2. The molecule has 3 aromatic rings. The van der Waals surface area contributed by atoms with Gasteiger partial charge in [0, 0.05) is 45.2 Å². The number of hydrogen-bond donors (Lipinski definition) is 1. The van der Waals surface area contributed by atoms with Crippen molar-refractivity contribution in [1.82, 2.24) is 15.2 Å². The second-order valence-electron chi connectivity index (χ2n) is 8.70. The Morgan fingerprint density at radius 3 is 2.94 bits per heavy atom. The summed E-state index contributed by atoms with van der Waals surface area (Å²) in [4.78, 5) is 19.6. The summed E-state index contributed by atoms with van der Waals surface area (Å²) < 4.78 is 27.2. The highest BCUT2D eigenvalue weighted by atomic mass is 16.7. The van der Waals surface area contributed by atoms with Crippen LogP contribution in [0.25, 0.3) is 0 Å². The number of ether oxygens (including phenoxy) is 4. The standard InChI is InChI=1S/C26H29N3O6/c1-16-21(11-28-26(30)22-5-4-19(35-22)14-31-2)20-6-7-29(13-18(20)10-27-16)12-17-8-23(32-3)25-24(9-17)33-15-34-25/h4-5,8-10H,6-7,11-15H2,1-3H3,(H,28,30). The van der Waals surface area contributed by atoms with Crippen LogP contribution in [0.3, 0.4) is 0 Å². The van der Waals surface area contributed by atoms with Crippen LogP contribution in [0.5, 0.6) is 17.2 Å². The van der Waals surface area contributed by atoms with E-state index in [0.29, 0.717) is 30.4 Å². The van der Waals surface area contributed by atoms with Crippen LogP contribution in [0.2, 0.25) is 0 Å². The Hall–Kier alpha value is -3.56. The van der Waals surface area contributed by atoms with Gasteiger partial charge in [-0.3, -0.25) is 14.7 Å². The monoisotopic (exact) mass is 479 g/mol. The number of carbonyl (C=O) groups excluding carboxylic acids is 1. The number of nitrogens with one attached hydrogen (secondary N) is 1. The number of hydrogen-bond acceptors (Lipinski definition) is 8. The molecule has 0 saturated carbocycles. The third kappa shape index (κ3) is 4.82. The molecular weight excluding hydrogens is 450 g/mol. The third-order valence-corrected chi connectivity index (χ3v) is 6.40. The molecule has 0 unspecified atom stereocenters. The molecule has 0 saturated heterocycles. The predicted molar refractivity (Wildman–Crippen MR) is 127 cm³/mol. The Labute approximate surface area is 203 Å². The molecule has 9 nitrogen and oxygen atoms in total. The van der Waals surface area contributed by atoms with E-state index in [1.54, 1.807) is 26.4 Å². The molecule has 0 spiro atoms. The van der Waals surface area contributed by atoms with E-state index in [2.05, 4.69) is 15.2 Å². The van der Waals surface area contributed by atoms with E-state index >= 15 is 0 Å². The van der Waals surface area contributed by atoms with Crippen LogP contribution in [0, 0.1) is 6.92 Å². The molecule has 1 aromatic carbocycles. The first kappa shape index (κ1) is 23.2. The number of rotatable bonds is 8. The molecule has 4 heterocycles. The number of fused-ring (bicyclic) bond motifs is 2. The molecule has 2 aliphatic heterocycles. The van der Waals surface area contributed by atoms with Crippen LogP contribution in [-0.2, 0) is 37.4 Å². The summed E-state index contributed by atoms with van der Waals surface area (Å²) in [5.41, 5.74) is 5.55. The van der Waals surface area contributed by atoms with Gasteiger partial charge in [-0.1, -0.05) is 0 Å². The number of amides is 1. The van der Waals surface area contributed by atoms with Gasteiger partial charge in [-0.2, -0.15) is 0 Å².